The van der Waals surface area contributed by atoms with Crippen LogP contribution in [0.4, 0.5) is 0 Å². The van der Waals surface area contributed by atoms with Crippen molar-refractivity contribution in [2.45, 2.75) is 45.8 Å². The van der Waals surface area contributed by atoms with E-state index in [0.29, 0.717) is 36.4 Å². The fourth-order valence-corrected chi connectivity index (χ4v) is 4.23. The molecule has 2 aromatic carbocycles. The number of aliphatic hydroxyl groups excluding tert-OH is 1. The van der Waals surface area contributed by atoms with E-state index in [-0.39, 0.29) is 17.4 Å². The lowest BCUT2D eigenvalue weighted by atomic mass is 9.94. The Hall–Kier alpha value is -3.28. The molecule has 1 amide bonds. The first kappa shape index (κ1) is 21.0. The summed E-state index contributed by atoms with van der Waals surface area (Å²) >= 11 is 0. The van der Waals surface area contributed by atoms with Gasteiger partial charge < -0.3 is 19.5 Å². The topological polar surface area (TPSA) is 76.1 Å². The molecule has 0 radical (unpaired) electrons. The summed E-state index contributed by atoms with van der Waals surface area (Å²) in [6, 6.07) is 12.0. The summed E-state index contributed by atoms with van der Waals surface area (Å²) in [5.41, 5.74) is 2.27. The molecular weight excluding hydrogens is 394 g/mol. The van der Waals surface area contributed by atoms with E-state index in [4.69, 9.17) is 9.47 Å². The first-order chi connectivity index (χ1) is 14.9. The second kappa shape index (κ2) is 8.46. The lowest BCUT2D eigenvalue weighted by Crippen LogP contribution is -2.30. The predicted molar refractivity (Wildman–Crippen MR) is 117 cm³/mol. The number of hydrogen-bond donors (Lipinski definition) is 1. The van der Waals surface area contributed by atoms with Crippen LogP contribution in [0, 0.1) is 0 Å². The van der Waals surface area contributed by atoms with Crippen LogP contribution in [0.25, 0.3) is 5.76 Å². The third kappa shape index (κ3) is 3.78. The maximum Gasteiger partial charge on any atom is 0.295 e. The highest BCUT2D eigenvalue weighted by atomic mass is 16.5. The van der Waals surface area contributed by atoms with Gasteiger partial charge in [-0.25, -0.2) is 0 Å². The number of amides is 1. The number of carbonyl (C=O) groups excluding carboxylic acids is 2. The van der Waals surface area contributed by atoms with Crippen LogP contribution in [-0.2, 0) is 16.0 Å². The van der Waals surface area contributed by atoms with Gasteiger partial charge in [0.15, 0.2) is 0 Å². The number of benzene rings is 2. The molecule has 0 spiro atoms. The van der Waals surface area contributed by atoms with Crippen LogP contribution >= 0.6 is 0 Å². The number of Topliss-reactive ketones (excluding diaryl/α,β-unsaturated/α-hetero) is 1. The van der Waals surface area contributed by atoms with E-state index in [2.05, 4.69) is 0 Å². The summed E-state index contributed by atoms with van der Waals surface area (Å²) in [4.78, 5) is 27.5. The molecule has 2 aromatic rings. The summed E-state index contributed by atoms with van der Waals surface area (Å²) < 4.78 is 11.5. The van der Waals surface area contributed by atoms with Crippen molar-refractivity contribution in [2.75, 3.05) is 13.2 Å². The summed E-state index contributed by atoms with van der Waals surface area (Å²) in [5.74, 6) is -0.0609. The molecular formula is C25H27NO5. The largest absolute Gasteiger partial charge is 0.507 e. The van der Waals surface area contributed by atoms with Crippen molar-refractivity contribution in [1.82, 2.24) is 4.90 Å². The highest BCUT2D eigenvalue weighted by Gasteiger charge is 2.46. The number of para-hydroxylation sites is 1. The zero-order chi connectivity index (χ0) is 22.1. The second-order valence-electron chi connectivity index (χ2n) is 8.12. The highest BCUT2D eigenvalue weighted by molar-refractivity contribution is 6.46. The van der Waals surface area contributed by atoms with Crippen molar-refractivity contribution in [3.63, 3.8) is 0 Å². The molecule has 1 atom stereocenters. The van der Waals surface area contributed by atoms with Gasteiger partial charge in [-0.3, -0.25) is 9.59 Å². The predicted octanol–water partition coefficient (Wildman–Crippen LogP) is 4.24. The van der Waals surface area contributed by atoms with E-state index in [0.717, 1.165) is 17.7 Å². The lowest BCUT2D eigenvalue weighted by Gasteiger charge is -2.27. The molecule has 1 fully saturated rings. The van der Waals surface area contributed by atoms with E-state index < -0.39 is 17.7 Å². The Morgan fingerprint density at radius 2 is 2.00 bits per heavy atom. The van der Waals surface area contributed by atoms with Gasteiger partial charge in [-0.05, 0) is 50.1 Å². The number of likely N-dealkylation sites (tertiary alicyclic amines) is 1. The molecule has 0 saturated carbocycles. The Morgan fingerprint density at radius 1 is 1.23 bits per heavy atom. The highest BCUT2D eigenvalue weighted by Crippen LogP contribution is 2.43. The summed E-state index contributed by atoms with van der Waals surface area (Å²) in [6.07, 6.45) is 1.36. The quantitative estimate of drug-likeness (QED) is 0.429. The van der Waals surface area contributed by atoms with Crippen LogP contribution in [-0.4, -0.2) is 41.0 Å². The number of rotatable bonds is 6. The van der Waals surface area contributed by atoms with Crippen LogP contribution in [0.5, 0.6) is 11.5 Å². The van der Waals surface area contributed by atoms with Crippen molar-refractivity contribution >= 4 is 17.4 Å². The molecule has 6 heteroatoms. The van der Waals surface area contributed by atoms with Crippen LogP contribution in [0.1, 0.15) is 49.9 Å². The van der Waals surface area contributed by atoms with E-state index in [1.54, 1.807) is 12.1 Å². The SMILES string of the molecule is CCCN1C(=O)C(=O)/C(=C(/O)c2ccc3c(c2)CCO3)C1c1ccccc1OC(C)C. The third-order valence-corrected chi connectivity index (χ3v) is 5.54. The average Bonchev–Trinajstić information content (AvgIpc) is 3.31. The van der Waals surface area contributed by atoms with E-state index >= 15 is 0 Å². The number of hydrogen-bond acceptors (Lipinski definition) is 5. The maximum absolute atomic E-state index is 13.1. The van der Waals surface area contributed by atoms with Gasteiger partial charge in [0, 0.05) is 24.1 Å². The van der Waals surface area contributed by atoms with Gasteiger partial charge in [0.2, 0.25) is 0 Å². The molecule has 0 aromatic heterocycles. The number of aliphatic hydroxyl groups is 1. The van der Waals surface area contributed by atoms with E-state index in [9.17, 15) is 14.7 Å². The van der Waals surface area contributed by atoms with E-state index in [1.165, 1.54) is 4.90 Å². The fourth-order valence-electron chi connectivity index (χ4n) is 4.23. The third-order valence-electron chi connectivity index (χ3n) is 5.54. The minimum absolute atomic E-state index is 0.0775. The molecule has 2 aliphatic heterocycles. The molecule has 2 heterocycles. The van der Waals surface area contributed by atoms with Crippen LogP contribution < -0.4 is 9.47 Å². The molecule has 2 aliphatic rings. The molecule has 0 bridgehead atoms. The number of carbonyl (C=O) groups is 2. The van der Waals surface area contributed by atoms with Crippen molar-refractivity contribution in [1.29, 1.82) is 0 Å². The Morgan fingerprint density at radius 3 is 2.74 bits per heavy atom. The zero-order valence-electron chi connectivity index (χ0n) is 18.1. The second-order valence-corrected chi connectivity index (χ2v) is 8.12. The van der Waals surface area contributed by atoms with Crippen LogP contribution in [0.2, 0.25) is 0 Å². The number of ether oxygens (including phenoxy) is 2. The smallest absolute Gasteiger partial charge is 0.295 e. The molecule has 4 rings (SSSR count). The molecule has 1 saturated heterocycles. The molecule has 1 N–H and O–H groups in total. The maximum atomic E-state index is 13.1. The van der Waals surface area contributed by atoms with Gasteiger partial charge in [-0.2, -0.15) is 0 Å². The summed E-state index contributed by atoms with van der Waals surface area (Å²) in [7, 11) is 0. The van der Waals surface area contributed by atoms with Gasteiger partial charge in [-0.15, -0.1) is 0 Å². The van der Waals surface area contributed by atoms with Crippen LogP contribution in [0.3, 0.4) is 0 Å². The molecule has 31 heavy (non-hydrogen) atoms. The Kier molecular flexibility index (Phi) is 5.72. The summed E-state index contributed by atoms with van der Waals surface area (Å²) in [5, 5.41) is 11.2. The van der Waals surface area contributed by atoms with Crippen molar-refractivity contribution in [3.8, 4) is 11.5 Å². The van der Waals surface area contributed by atoms with Crippen molar-refractivity contribution < 1.29 is 24.2 Å². The summed E-state index contributed by atoms with van der Waals surface area (Å²) in [6.45, 7) is 6.80. The Bertz CT molecular complexity index is 1060. The van der Waals surface area contributed by atoms with Gasteiger partial charge >= 0.3 is 0 Å². The molecule has 162 valence electrons. The lowest BCUT2D eigenvalue weighted by molar-refractivity contribution is -0.139. The van der Waals surface area contributed by atoms with Gasteiger partial charge in [0.25, 0.3) is 11.7 Å². The standard InChI is InChI=1S/C25H27NO5/c1-4-12-26-22(18-7-5-6-8-20(18)31-15(2)3)21(24(28)25(26)29)23(27)17-9-10-19-16(14-17)11-13-30-19/h5-10,14-15,22,27H,4,11-13H2,1-3H3/b23-21+. The van der Waals surface area contributed by atoms with Crippen LogP contribution in [0.15, 0.2) is 48.0 Å². The first-order valence-corrected chi connectivity index (χ1v) is 10.7. The number of nitrogens with zero attached hydrogens (tertiary/aromatic N) is 1. The fraction of sp³-hybridized carbons (Fsp3) is 0.360. The van der Waals surface area contributed by atoms with Crippen molar-refractivity contribution in [2.24, 2.45) is 0 Å². The first-order valence-electron chi connectivity index (χ1n) is 10.7. The Balaban J connectivity index is 1.88. The molecule has 1 unspecified atom stereocenters. The average molecular weight is 421 g/mol. The van der Waals surface area contributed by atoms with E-state index in [1.807, 2.05) is 51.1 Å². The van der Waals surface area contributed by atoms with Gasteiger partial charge in [0.05, 0.1) is 24.3 Å². The number of ketones is 1. The Labute approximate surface area is 182 Å². The number of fused-ring (bicyclic) bond motifs is 1. The minimum atomic E-state index is -0.709. The monoisotopic (exact) mass is 421 g/mol. The van der Waals surface area contributed by atoms with Crippen molar-refractivity contribution in [3.05, 3.63) is 64.7 Å². The van der Waals surface area contributed by atoms with Gasteiger partial charge in [-0.1, -0.05) is 25.1 Å². The zero-order valence-corrected chi connectivity index (χ0v) is 18.1. The minimum Gasteiger partial charge on any atom is -0.507 e. The normalized spacial score (nSPS) is 19.6. The van der Waals surface area contributed by atoms with Gasteiger partial charge in [0.1, 0.15) is 17.3 Å². The molecule has 0 aliphatic carbocycles. The molecule has 6 nitrogen and oxygen atoms in total.